The summed E-state index contributed by atoms with van der Waals surface area (Å²) in [7, 11) is 0. The van der Waals surface area contributed by atoms with Gasteiger partial charge in [-0.25, -0.2) is 5.43 Å². The number of aromatic hydroxyl groups is 1. The summed E-state index contributed by atoms with van der Waals surface area (Å²) < 4.78 is 5.09. The number of benzene rings is 1. The molecule has 1 heterocycles. The fourth-order valence-electron chi connectivity index (χ4n) is 2.17. The monoisotopic (exact) mass is 357 g/mol. The molecule has 0 radical (unpaired) electrons. The lowest BCUT2D eigenvalue weighted by molar-refractivity contribution is -0.238. The molecular formula is C14H19N3O8. The number of aliphatic hydroxyl groups excluding tert-OH is 4. The highest BCUT2D eigenvalue weighted by molar-refractivity contribution is 6.39. The van der Waals surface area contributed by atoms with Crippen molar-refractivity contribution in [2.45, 2.75) is 30.6 Å². The Labute approximate surface area is 141 Å². The Bertz CT molecular complexity index is 626. The maximum Gasteiger partial charge on any atom is 0.323 e. The van der Waals surface area contributed by atoms with E-state index in [1.165, 1.54) is 18.2 Å². The zero-order valence-corrected chi connectivity index (χ0v) is 12.9. The lowest BCUT2D eigenvalue weighted by Crippen LogP contribution is -2.65. The van der Waals surface area contributed by atoms with Crippen LogP contribution in [-0.4, -0.2) is 74.6 Å². The Hall–Kier alpha value is -2.28. The largest absolute Gasteiger partial charge is 0.506 e. The first-order valence-electron chi connectivity index (χ1n) is 7.30. The second-order valence-electron chi connectivity index (χ2n) is 5.32. The SMILES string of the molecule is O=C(NN[C@H]1O[C@H](CO)[C@@H](O)[C@H](O)[C@H]1O)C(=O)Nc1ccccc1O. The molecule has 25 heavy (non-hydrogen) atoms. The Morgan fingerprint density at radius 1 is 1.04 bits per heavy atom. The molecule has 2 rings (SSSR count). The average Bonchev–Trinajstić information content (AvgIpc) is 2.60. The first-order valence-corrected chi connectivity index (χ1v) is 7.30. The number of carbonyl (C=O) groups excluding carboxylic acids is 2. The quantitative estimate of drug-likeness (QED) is 0.156. The molecule has 0 saturated carbocycles. The predicted molar refractivity (Wildman–Crippen MR) is 81.8 cm³/mol. The van der Waals surface area contributed by atoms with Crippen LogP contribution in [0.1, 0.15) is 0 Å². The topological polar surface area (TPSA) is 181 Å². The minimum absolute atomic E-state index is 0.0236. The van der Waals surface area contributed by atoms with E-state index < -0.39 is 49.1 Å². The minimum Gasteiger partial charge on any atom is -0.506 e. The van der Waals surface area contributed by atoms with Crippen molar-refractivity contribution >= 4 is 17.5 Å². The molecule has 0 aliphatic carbocycles. The fraction of sp³-hybridized carbons (Fsp3) is 0.429. The van der Waals surface area contributed by atoms with Crippen LogP contribution in [0.3, 0.4) is 0 Å². The van der Waals surface area contributed by atoms with Crippen molar-refractivity contribution in [1.82, 2.24) is 10.9 Å². The van der Waals surface area contributed by atoms with E-state index in [1.54, 1.807) is 6.07 Å². The molecule has 0 unspecified atom stereocenters. The lowest BCUT2D eigenvalue weighted by Gasteiger charge is -2.40. The van der Waals surface area contributed by atoms with Crippen molar-refractivity contribution in [1.29, 1.82) is 0 Å². The Morgan fingerprint density at radius 2 is 1.72 bits per heavy atom. The molecule has 2 amide bonds. The van der Waals surface area contributed by atoms with Crippen LogP contribution in [0, 0.1) is 0 Å². The molecule has 1 aromatic rings. The third kappa shape index (κ3) is 4.42. The van der Waals surface area contributed by atoms with Crippen LogP contribution < -0.4 is 16.2 Å². The van der Waals surface area contributed by atoms with Crippen molar-refractivity contribution in [3.05, 3.63) is 24.3 Å². The third-order valence-corrected chi connectivity index (χ3v) is 3.58. The zero-order chi connectivity index (χ0) is 18.6. The number of nitrogens with one attached hydrogen (secondary N) is 3. The van der Waals surface area contributed by atoms with E-state index >= 15 is 0 Å². The van der Waals surface area contributed by atoms with E-state index in [0.717, 1.165) is 0 Å². The summed E-state index contributed by atoms with van der Waals surface area (Å²) in [6, 6.07) is 5.77. The summed E-state index contributed by atoms with van der Waals surface area (Å²) in [5.41, 5.74) is 4.17. The van der Waals surface area contributed by atoms with Crippen molar-refractivity contribution < 1.29 is 39.9 Å². The van der Waals surface area contributed by atoms with Gasteiger partial charge in [0.1, 0.15) is 30.2 Å². The molecular weight excluding hydrogens is 338 g/mol. The molecule has 1 fully saturated rings. The van der Waals surface area contributed by atoms with Crippen molar-refractivity contribution in [2.24, 2.45) is 0 Å². The highest BCUT2D eigenvalue weighted by atomic mass is 16.6. The number of anilines is 1. The Balaban J connectivity index is 1.90. The first-order chi connectivity index (χ1) is 11.8. The number of rotatable bonds is 4. The number of ether oxygens (including phenoxy) is 1. The summed E-state index contributed by atoms with van der Waals surface area (Å²) in [6.07, 6.45) is -7.34. The molecule has 0 aromatic heterocycles. The molecule has 11 heteroatoms. The van der Waals surface area contributed by atoms with Crippen LogP contribution in [0.25, 0.3) is 0 Å². The number of hydrazine groups is 1. The van der Waals surface area contributed by atoms with E-state index in [-0.39, 0.29) is 11.4 Å². The number of amides is 2. The van der Waals surface area contributed by atoms with Gasteiger partial charge >= 0.3 is 11.8 Å². The second kappa shape index (κ2) is 8.20. The number of phenolic OH excluding ortho intramolecular Hbond substituents is 1. The van der Waals surface area contributed by atoms with E-state index in [2.05, 4.69) is 10.7 Å². The maximum absolute atomic E-state index is 11.7. The van der Waals surface area contributed by atoms with Crippen LogP contribution in [0.15, 0.2) is 24.3 Å². The number of aliphatic hydroxyl groups is 4. The summed E-state index contributed by atoms with van der Waals surface area (Å²) >= 11 is 0. The van der Waals surface area contributed by atoms with Crippen LogP contribution >= 0.6 is 0 Å². The van der Waals surface area contributed by atoms with Crippen LogP contribution in [-0.2, 0) is 14.3 Å². The van der Waals surface area contributed by atoms with Gasteiger partial charge in [-0.3, -0.25) is 15.0 Å². The molecule has 0 spiro atoms. The molecule has 1 saturated heterocycles. The number of phenols is 1. The van der Waals surface area contributed by atoms with Gasteiger partial charge in [-0.15, -0.1) is 0 Å². The molecule has 1 aliphatic heterocycles. The van der Waals surface area contributed by atoms with E-state index in [9.17, 15) is 30.0 Å². The summed E-state index contributed by atoms with van der Waals surface area (Å²) in [6.45, 7) is -0.634. The van der Waals surface area contributed by atoms with E-state index in [1.807, 2.05) is 5.43 Å². The number of hydrogen-bond acceptors (Lipinski definition) is 9. The predicted octanol–water partition coefficient (Wildman–Crippen LogP) is -3.25. The third-order valence-electron chi connectivity index (χ3n) is 3.58. The van der Waals surface area contributed by atoms with Gasteiger partial charge in [-0.1, -0.05) is 12.1 Å². The van der Waals surface area contributed by atoms with Crippen LogP contribution in [0.4, 0.5) is 5.69 Å². The normalized spacial score (nSPS) is 29.0. The highest BCUT2D eigenvalue weighted by Gasteiger charge is 2.43. The van der Waals surface area contributed by atoms with Gasteiger partial charge in [0.2, 0.25) is 0 Å². The van der Waals surface area contributed by atoms with Crippen LogP contribution in [0.5, 0.6) is 5.75 Å². The smallest absolute Gasteiger partial charge is 0.323 e. The second-order valence-corrected chi connectivity index (χ2v) is 5.32. The number of para-hydroxylation sites is 2. The molecule has 5 atom stereocenters. The summed E-state index contributed by atoms with van der Waals surface area (Å²) in [4.78, 5) is 23.5. The number of carbonyl (C=O) groups is 2. The zero-order valence-electron chi connectivity index (χ0n) is 12.9. The van der Waals surface area contributed by atoms with E-state index in [0.29, 0.717) is 0 Å². The van der Waals surface area contributed by atoms with Gasteiger partial charge < -0.3 is 35.6 Å². The molecule has 1 aromatic carbocycles. The van der Waals surface area contributed by atoms with Gasteiger partial charge in [-0.2, -0.15) is 0 Å². The first kappa shape index (κ1) is 19.1. The van der Waals surface area contributed by atoms with Crippen molar-refractivity contribution in [3.63, 3.8) is 0 Å². The standard InChI is InChI=1S/C14H19N3O8/c18-5-8-9(20)10(21)11(22)14(25-8)17-16-13(24)12(23)15-6-3-1-2-4-7(6)19/h1-4,8-11,14,17-22H,5H2,(H,15,23)(H,16,24)/t8-,9-,10+,11-,14+/m1/s1. The molecule has 8 N–H and O–H groups in total. The molecule has 1 aliphatic rings. The molecule has 138 valence electrons. The Kier molecular flexibility index (Phi) is 6.25. The summed E-state index contributed by atoms with van der Waals surface area (Å²) in [5, 5.41) is 49.8. The summed E-state index contributed by atoms with van der Waals surface area (Å²) in [5.74, 6) is -2.51. The molecule has 0 bridgehead atoms. The van der Waals surface area contributed by atoms with Crippen molar-refractivity contribution in [3.8, 4) is 5.75 Å². The fourth-order valence-corrected chi connectivity index (χ4v) is 2.17. The van der Waals surface area contributed by atoms with Crippen molar-refractivity contribution in [2.75, 3.05) is 11.9 Å². The lowest BCUT2D eigenvalue weighted by atomic mass is 9.99. The van der Waals surface area contributed by atoms with Gasteiger partial charge in [0.15, 0.2) is 6.23 Å². The van der Waals surface area contributed by atoms with E-state index in [4.69, 9.17) is 9.84 Å². The minimum atomic E-state index is -1.63. The van der Waals surface area contributed by atoms with Crippen LogP contribution in [0.2, 0.25) is 0 Å². The van der Waals surface area contributed by atoms with Gasteiger partial charge in [0.05, 0.1) is 12.3 Å². The molecule has 11 nitrogen and oxygen atoms in total. The van der Waals surface area contributed by atoms with Gasteiger partial charge in [-0.05, 0) is 12.1 Å². The Morgan fingerprint density at radius 3 is 2.36 bits per heavy atom. The average molecular weight is 357 g/mol. The van der Waals surface area contributed by atoms with Gasteiger partial charge in [0, 0.05) is 0 Å². The highest BCUT2D eigenvalue weighted by Crippen LogP contribution is 2.21. The van der Waals surface area contributed by atoms with Gasteiger partial charge in [0.25, 0.3) is 0 Å². The number of hydrogen-bond donors (Lipinski definition) is 8. The maximum atomic E-state index is 11.7.